The summed E-state index contributed by atoms with van der Waals surface area (Å²) in [7, 11) is -3.72. The van der Waals surface area contributed by atoms with Crippen molar-refractivity contribution in [2.45, 2.75) is 50.2 Å². The van der Waals surface area contributed by atoms with Crippen molar-refractivity contribution in [1.82, 2.24) is 14.6 Å². The third kappa shape index (κ3) is 5.77. The maximum atomic E-state index is 13.4. The molecule has 2 aromatic carbocycles. The summed E-state index contributed by atoms with van der Waals surface area (Å²) in [6.45, 7) is 5.41. The van der Waals surface area contributed by atoms with E-state index in [0.717, 1.165) is 11.3 Å². The lowest BCUT2D eigenvalue weighted by Gasteiger charge is -2.35. The molecule has 3 aromatic rings. The van der Waals surface area contributed by atoms with Gasteiger partial charge in [0, 0.05) is 41.6 Å². The van der Waals surface area contributed by atoms with Crippen LogP contribution in [-0.4, -0.2) is 41.7 Å². The fourth-order valence-electron chi connectivity index (χ4n) is 4.00. The zero-order valence-corrected chi connectivity index (χ0v) is 21.0. The number of carbonyl (C=O) groups excluding carboxylic acids is 2. The van der Waals surface area contributed by atoms with Gasteiger partial charge in [-0.05, 0) is 80.9 Å². The van der Waals surface area contributed by atoms with Gasteiger partial charge < -0.3 is 10.2 Å². The topological polar surface area (TPSA) is 108 Å². The fourth-order valence-corrected chi connectivity index (χ4v) is 5.42. The summed E-state index contributed by atoms with van der Waals surface area (Å²) < 4.78 is 41.1. The number of benzene rings is 2. The van der Waals surface area contributed by atoms with Gasteiger partial charge in [0.05, 0.1) is 4.90 Å². The maximum Gasteiger partial charge on any atom is 0.254 e. The number of pyridine rings is 1. The Kier molecular flexibility index (Phi) is 6.92. The number of nitrogens with one attached hydrogen (secondary N) is 2. The summed E-state index contributed by atoms with van der Waals surface area (Å²) in [6, 6.07) is 13.7. The van der Waals surface area contributed by atoms with Crippen LogP contribution in [0.4, 0.5) is 10.1 Å². The van der Waals surface area contributed by atoms with Gasteiger partial charge in [0.15, 0.2) is 0 Å². The molecule has 8 nitrogen and oxygen atoms in total. The predicted molar refractivity (Wildman–Crippen MR) is 133 cm³/mol. The molecule has 36 heavy (non-hydrogen) atoms. The van der Waals surface area contributed by atoms with Crippen LogP contribution >= 0.6 is 0 Å². The van der Waals surface area contributed by atoms with Gasteiger partial charge >= 0.3 is 0 Å². The van der Waals surface area contributed by atoms with E-state index in [1.807, 2.05) is 6.07 Å². The van der Waals surface area contributed by atoms with Crippen molar-refractivity contribution in [3.05, 3.63) is 89.5 Å². The third-order valence-electron chi connectivity index (χ3n) is 5.62. The van der Waals surface area contributed by atoms with E-state index in [1.165, 1.54) is 53.4 Å². The molecule has 0 bridgehead atoms. The standard InChI is InChI=1S/C26H27FN4O4S/c1-26(2,3)30-36(34,35)21-12-10-20(11-13-21)29-24(32)23-15-22-18(5-4-14-28-22)16-31(23)25(33)17-6-8-19(27)9-7-17/h4-14,23,30H,15-16H2,1-3H3,(H,29,32). The van der Waals surface area contributed by atoms with E-state index in [1.54, 1.807) is 33.0 Å². The lowest BCUT2D eigenvalue weighted by molar-refractivity contribution is -0.121. The number of rotatable bonds is 5. The molecule has 0 saturated heterocycles. The quantitative estimate of drug-likeness (QED) is 0.546. The highest BCUT2D eigenvalue weighted by Crippen LogP contribution is 2.25. The van der Waals surface area contributed by atoms with Gasteiger partial charge in [-0.3, -0.25) is 14.6 Å². The molecule has 1 aliphatic rings. The summed E-state index contributed by atoms with van der Waals surface area (Å²) in [4.78, 5) is 32.5. The van der Waals surface area contributed by atoms with E-state index in [0.29, 0.717) is 5.69 Å². The van der Waals surface area contributed by atoms with Crippen molar-refractivity contribution in [1.29, 1.82) is 0 Å². The van der Waals surface area contributed by atoms with Gasteiger partial charge in [0.2, 0.25) is 15.9 Å². The minimum Gasteiger partial charge on any atom is -0.324 e. The average molecular weight is 511 g/mol. The number of halogens is 1. The molecular weight excluding hydrogens is 483 g/mol. The van der Waals surface area contributed by atoms with Crippen LogP contribution in [0.5, 0.6) is 0 Å². The van der Waals surface area contributed by atoms with Crippen LogP contribution in [0.3, 0.4) is 0 Å². The number of aromatic nitrogens is 1. The molecule has 0 spiro atoms. The van der Waals surface area contributed by atoms with Crippen molar-refractivity contribution in [2.75, 3.05) is 5.32 Å². The van der Waals surface area contributed by atoms with Crippen LogP contribution < -0.4 is 10.0 Å². The van der Waals surface area contributed by atoms with Crippen molar-refractivity contribution >= 4 is 27.5 Å². The Morgan fingerprint density at radius 3 is 2.33 bits per heavy atom. The molecule has 10 heteroatoms. The van der Waals surface area contributed by atoms with E-state index in [4.69, 9.17) is 0 Å². The zero-order valence-electron chi connectivity index (χ0n) is 20.2. The predicted octanol–water partition coefficient (Wildman–Crippen LogP) is 3.50. The molecule has 188 valence electrons. The second-order valence-electron chi connectivity index (χ2n) is 9.64. The van der Waals surface area contributed by atoms with Gasteiger partial charge in [-0.15, -0.1) is 0 Å². The molecule has 2 heterocycles. The lowest BCUT2D eigenvalue weighted by Crippen LogP contribution is -2.50. The van der Waals surface area contributed by atoms with Crippen LogP contribution in [0, 0.1) is 5.82 Å². The molecule has 0 aliphatic carbocycles. The number of fused-ring (bicyclic) bond motifs is 1. The van der Waals surface area contributed by atoms with Crippen LogP contribution in [-0.2, 0) is 27.8 Å². The molecule has 2 amide bonds. The van der Waals surface area contributed by atoms with Gasteiger partial charge in [0.1, 0.15) is 11.9 Å². The Morgan fingerprint density at radius 1 is 1.03 bits per heavy atom. The third-order valence-corrected chi connectivity index (χ3v) is 7.39. The van der Waals surface area contributed by atoms with E-state index in [9.17, 15) is 22.4 Å². The average Bonchev–Trinajstić information content (AvgIpc) is 2.82. The Hall–Kier alpha value is -3.63. The van der Waals surface area contributed by atoms with E-state index < -0.39 is 39.2 Å². The molecule has 1 unspecified atom stereocenters. The first kappa shape index (κ1) is 25.5. The van der Waals surface area contributed by atoms with Crippen LogP contribution in [0.2, 0.25) is 0 Å². The number of sulfonamides is 1. The van der Waals surface area contributed by atoms with Gasteiger partial charge in [0.25, 0.3) is 5.91 Å². The molecule has 0 fully saturated rings. The van der Waals surface area contributed by atoms with Crippen molar-refractivity contribution in [2.24, 2.45) is 0 Å². The molecule has 0 radical (unpaired) electrons. The van der Waals surface area contributed by atoms with E-state index in [2.05, 4.69) is 15.0 Å². The van der Waals surface area contributed by atoms with Crippen LogP contribution in [0.15, 0.2) is 71.8 Å². The summed E-state index contributed by atoms with van der Waals surface area (Å²) >= 11 is 0. The van der Waals surface area contributed by atoms with E-state index in [-0.39, 0.29) is 23.4 Å². The minimum absolute atomic E-state index is 0.0688. The maximum absolute atomic E-state index is 13.4. The summed E-state index contributed by atoms with van der Waals surface area (Å²) in [6.07, 6.45) is 1.84. The molecule has 2 N–H and O–H groups in total. The van der Waals surface area contributed by atoms with Crippen molar-refractivity contribution < 1.29 is 22.4 Å². The van der Waals surface area contributed by atoms with Crippen molar-refractivity contribution in [3.8, 4) is 0 Å². The Morgan fingerprint density at radius 2 is 1.69 bits per heavy atom. The summed E-state index contributed by atoms with van der Waals surface area (Å²) in [5, 5.41) is 2.78. The molecule has 4 rings (SSSR count). The highest BCUT2D eigenvalue weighted by molar-refractivity contribution is 7.89. The molecule has 1 aromatic heterocycles. The first-order valence-corrected chi connectivity index (χ1v) is 12.9. The largest absolute Gasteiger partial charge is 0.324 e. The number of hydrogen-bond donors (Lipinski definition) is 2. The lowest BCUT2D eigenvalue weighted by atomic mass is 9.96. The first-order valence-electron chi connectivity index (χ1n) is 11.4. The van der Waals surface area contributed by atoms with Gasteiger partial charge in [-0.2, -0.15) is 0 Å². The SMILES string of the molecule is CC(C)(C)NS(=O)(=O)c1ccc(NC(=O)C2Cc3ncccc3CN2C(=O)c2ccc(F)cc2)cc1. The Labute approximate surface area is 209 Å². The smallest absolute Gasteiger partial charge is 0.254 e. The molecule has 1 atom stereocenters. The van der Waals surface area contributed by atoms with Crippen molar-refractivity contribution in [3.63, 3.8) is 0 Å². The fraction of sp³-hybridized carbons (Fsp3) is 0.269. The van der Waals surface area contributed by atoms with Gasteiger partial charge in [-0.25, -0.2) is 17.5 Å². The second-order valence-corrected chi connectivity index (χ2v) is 11.3. The number of anilines is 1. The first-order chi connectivity index (χ1) is 16.9. The molecular formula is C26H27FN4O4S. The Balaban J connectivity index is 1.57. The van der Waals surface area contributed by atoms with Gasteiger partial charge in [-0.1, -0.05) is 6.07 Å². The number of carbonyl (C=O) groups is 2. The number of amides is 2. The highest BCUT2D eigenvalue weighted by atomic mass is 32.2. The second kappa shape index (κ2) is 9.79. The monoisotopic (exact) mass is 510 g/mol. The molecule has 0 saturated carbocycles. The Bertz CT molecular complexity index is 1380. The number of hydrogen-bond acceptors (Lipinski definition) is 5. The summed E-state index contributed by atoms with van der Waals surface area (Å²) in [5.41, 5.74) is 1.56. The minimum atomic E-state index is -3.72. The van der Waals surface area contributed by atoms with Crippen LogP contribution in [0.1, 0.15) is 42.4 Å². The van der Waals surface area contributed by atoms with Crippen LogP contribution in [0.25, 0.3) is 0 Å². The normalized spacial score (nSPS) is 15.8. The molecule has 1 aliphatic heterocycles. The zero-order chi connectivity index (χ0) is 26.1. The number of nitrogens with zero attached hydrogens (tertiary/aromatic N) is 2. The highest BCUT2D eigenvalue weighted by Gasteiger charge is 2.36. The van der Waals surface area contributed by atoms with E-state index >= 15 is 0 Å². The summed E-state index contributed by atoms with van der Waals surface area (Å²) in [5.74, 6) is -1.30.